The number of hydrogen-bond acceptors (Lipinski definition) is 4. The Balaban J connectivity index is 1.75. The van der Waals surface area contributed by atoms with Crippen LogP contribution in [0.1, 0.15) is 48.5 Å². The molecule has 0 spiro atoms. The molecule has 1 heterocycles. The molecule has 0 radical (unpaired) electrons. The predicted molar refractivity (Wildman–Crippen MR) is 89.5 cm³/mol. The molecule has 1 aliphatic rings. The molecule has 2 atom stereocenters. The van der Waals surface area contributed by atoms with Crippen LogP contribution in [-0.4, -0.2) is 42.8 Å². The number of amides is 1. The fraction of sp³-hybridized carbons (Fsp3) is 0.556. The number of benzene rings is 1. The van der Waals surface area contributed by atoms with Crippen molar-refractivity contribution < 1.29 is 24.2 Å². The minimum Gasteiger partial charge on any atom is -0.496 e. The summed E-state index contributed by atoms with van der Waals surface area (Å²) in [7, 11) is 1.51. The summed E-state index contributed by atoms with van der Waals surface area (Å²) < 4.78 is 10.9. The van der Waals surface area contributed by atoms with E-state index in [2.05, 4.69) is 12.2 Å². The van der Waals surface area contributed by atoms with Gasteiger partial charge in [0.05, 0.1) is 24.9 Å². The first-order valence-corrected chi connectivity index (χ1v) is 8.32. The largest absolute Gasteiger partial charge is 0.496 e. The quantitative estimate of drug-likeness (QED) is 0.762. The van der Waals surface area contributed by atoms with Crippen molar-refractivity contribution in [3.63, 3.8) is 0 Å². The maximum absolute atomic E-state index is 11.9. The number of carbonyl (C=O) groups excluding carboxylic acids is 1. The lowest BCUT2D eigenvalue weighted by Gasteiger charge is -2.12. The smallest absolute Gasteiger partial charge is 0.335 e. The standard InChI is InChI=1S/C18H25NO5/c1-12-3-6-15(24-12)7-8-17(20)19-10-9-13-4-5-14(18(21)22)11-16(13)23-2/h4-5,11-12,15H,3,6-10H2,1-2H3,(H,19,20)(H,21,22). The number of hydrogen-bond donors (Lipinski definition) is 2. The van der Waals surface area contributed by atoms with E-state index in [4.69, 9.17) is 14.6 Å². The van der Waals surface area contributed by atoms with Crippen molar-refractivity contribution in [2.45, 2.75) is 51.2 Å². The molecule has 1 amide bonds. The summed E-state index contributed by atoms with van der Waals surface area (Å²) in [5.74, 6) is -0.451. The van der Waals surface area contributed by atoms with Gasteiger partial charge in [0.2, 0.25) is 5.91 Å². The number of carboxylic acids is 1. The third-order valence-corrected chi connectivity index (χ3v) is 4.26. The highest BCUT2D eigenvalue weighted by Gasteiger charge is 2.22. The maximum atomic E-state index is 11.9. The van der Waals surface area contributed by atoms with Crippen molar-refractivity contribution in [2.75, 3.05) is 13.7 Å². The van der Waals surface area contributed by atoms with Crippen molar-refractivity contribution in [3.8, 4) is 5.75 Å². The van der Waals surface area contributed by atoms with Crippen LogP contribution in [-0.2, 0) is 16.0 Å². The van der Waals surface area contributed by atoms with Crippen molar-refractivity contribution in [3.05, 3.63) is 29.3 Å². The number of aromatic carboxylic acids is 1. The monoisotopic (exact) mass is 335 g/mol. The molecule has 0 aromatic heterocycles. The van der Waals surface area contributed by atoms with Gasteiger partial charge in [0, 0.05) is 13.0 Å². The molecule has 0 bridgehead atoms. The van der Waals surface area contributed by atoms with Gasteiger partial charge in [0.1, 0.15) is 5.75 Å². The van der Waals surface area contributed by atoms with E-state index in [0.29, 0.717) is 31.2 Å². The Kier molecular flexibility index (Phi) is 6.61. The van der Waals surface area contributed by atoms with E-state index in [1.165, 1.54) is 13.2 Å². The second-order valence-corrected chi connectivity index (χ2v) is 6.12. The molecule has 1 aromatic rings. The minimum absolute atomic E-state index is 0.0132. The number of ether oxygens (including phenoxy) is 2. The summed E-state index contributed by atoms with van der Waals surface area (Å²) in [6.07, 6.45) is 4.42. The number of carboxylic acid groups (broad SMARTS) is 1. The Labute approximate surface area is 142 Å². The Morgan fingerprint density at radius 2 is 2.17 bits per heavy atom. The summed E-state index contributed by atoms with van der Waals surface area (Å²) in [5, 5.41) is 11.9. The molecule has 0 aliphatic carbocycles. The van der Waals surface area contributed by atoms with E-state index in [9.17, 15) is 9.59 Å². The number of rotatable bonds is 8. The van der Waals surface area contributed by atoms with Crippen LogP contribution < -0.4 is 10.1 Å². The average Bonchev–Trinajstić information content (AvgIpc) is 2.98. The molecule has 1 saturated heterocycles. The van der Waals surface area contributed by atoms with E-state index in [-0.39, 0.29) is 17.6 Å². The van der Waals surface area contributed by atoms with Gasteiger partial charge in [-0.2, -0.15) is 0 Å². The molecule has 132 valence electrons. The van der Waals surface area contributed by atoms with E-state index in [1.54, 1.807) is 12.1 Å². The lowest BCUT2D eigenvalue weighted by molar-refractivity contribution is -0.121. The maximum Gasteiger partial charge on any atom is 0.335 e. The highest BCUT2D eigenvalue weighted by Crippen LogP contribution is 2.23. The van der Waals surface area contributed by atoms with Crippen LogP contribution in [0.2, 0.25) is 0 Å². The molecule has 2 N–H and O–H groups in total. The molecule has 2 unspecified atom stereocenters. The van der Waals surface area contributed by atoms with E-state index < -0.39 is 5.97 Å². The van der Waals surface area contributed by atoms with Crippen LogP contribution in [0.4, 0.5) is 0 Å². The predicted octanol–water partition coefficient (Wildman–Crippen LogP) is 2.40. The Hall–Kier alpha value is -2.08. The lowest BCUT2D eigenvalue weighted by atomic mass is 10.1. The van der Waals surface area contributed by atoms with Crippen molar-refractivity contribution in [1.29, 1.82) is 0 Å². The van der Waals surface area contributed by atoms with Gasteiger partial charge < -0.3 is 19.9 Å². The topological polar surface area (TPSA) is 84.9 Å². The summed E-state index contributed by atoms with van der Waals surface area (Å²) in [4.78, 5) is 22.9. The fourth-order valence-corrected chi connectivity index (χ4v) is 2.90. The van der Waals surface area contributed by atoms with Crippen LogP contribution in [0.5, 0.6) is 5.75 Å². The van der Waals surface area contributed by atoms with E-state index in [1.807, 2.05) is 0 Å². The molecule has 24 heavy (non-hydrogen) atoms. The van der Waals surface area contributed by atoms with E-state index >= 15 is 0 Å². The van der Waals surface area contributed by atoms with Crippen molar-refractivity contribution in [1.82, 2.24) is 5.32 Å². The zero-order valence-electron chi connectivity index (χ0n) is 14.2. The number of carbonyl (C=O) groups is 2. The molecule has 6 heteroatoms. The highest BCUT2D eigenvalue weighted by atomic mass is 16.5. The van der Waals surface area contributed by atoms with Gasteiger partial charge in [-0.1, -0.05) is 6.07 Å². The third kappa shape index (κ3) is 5.23. The Morgan fingerprint density at radius 3 is 2.79 bits per heavy atom. The van der Waals surface area contributed by atoms with Gasteiger partial charge in [-0.05, 0) is 50.3 Å². The second kappa shape index (κ2) is 8.68. The second-order valence-electron chi connectivity index (χ2n) is 6.12. The van der Waals surface area contributed by atoms with Crippen LogP contribution >= 0.6 is 0 Å². The zero-order chi connectivity index (χ0) is 17.5. The third-order valence-electron chi connectivity index (χ3n) is 4.26. The van der Waals surface area contributed by atoms with Gasteiger partial charge in [-0.15, -0.1) is 0 Å². The summed E-state index contributed by atoms with van der Waals surface area (Å²) >= 11 is 0. The Morgan fingerprint density at radius 1 is 1.38 bits per heavy atom. The molecule has 1 aliphatic heterocycles. The van der Waals surface area contributed by atoms with Crippen LogP contribution in [0.15, 0.2) is 18.2 Å². The zero-order valence-corrected chi connectivity index (χ0v) is 14.2. The van der Waals surface area contributed by atoms with Gasteiger partial charge in [-0.25, -0.2) is 4.79 Å². The normalized spacial score (nSPS) is 19.9. The van der Waals surface area contributed by atoms with E-state index in [0.717, 1.165) is 24.8 Å². The first-order chi connectivity index (χ1) is 11.5. The Bertz CT molecular complexity index is 587. The lowest BCUT2D eigenvalue weighted by Crippen LogP contribution is -2.26. The first kappa shape index (κ1) is 18.3. The molecular formula is C18H25NO5. The SMILES string of the molecule is COc1cc(C(=O)O)ccc1CCNC(=O)CCC1CCC(C)O1. The fourth-order valence-electron chi connectivity index (χ4n) is 2.90. The summed E-state index contributed by atoms with van der Waals surface area (Å²) in [6.45, 7) is 2.55. The summed E-state index contributed by atoms with van der Waals surface area (Å²) in [5.41, 5.74) is 1.06. The molecule has 1 fully saturated rings. The van der Waals surface area contributed by atoms with Crippen molar-refractivity contribution >= 4 is 11.9 Å². The molecule has 6 nitrogen and oxygen atoms in total. The van der Waals surface area contributed by atoms with Gasteiger partial charge in [-0.3, -0.25) is 4.79 Å². The number of nitrogens with one attached hydrogen (secondary N) is 1. The summed E-state index contributed by atoms with van der Waals surface area (Å²) in [6, 6.07) is 4.76. The van der Waals surface area contributed by atoms with Crippen LogP contribution in [0.3, 0.4) is 0 Å². The van der Waals surface area contributed by atoms with Crippen molar-refractivity contribution in [2.24, 2.45) is 0 Å². The highest BCUT2D eigenvalue weighted by molar-refractivity contribution is 5.88. The molecule has 0 saturated carbocycles. The minimum atomic E-state index is -0.989. The van der Waals surface area contributed by atoms with Gasteiger partial charge in [0.15, 0.2) is 0 Å². The molecular weight excluding hydrogens is 310 g/mol. The number of methoxy groups -OCH3 is 1. The van der Waals surface area contributed by atoms with Crippen LogP contribution in [0, 0.1) is 0 Å². The van der Waals surface area contributed by atoms with Gasteiger partial charge >= 0.3 is 5.97 Å². The van der Waals surface area contributed by atoms with Crippen LogP contribution in [0.25, 0.3) is 0 Å². The van der Waals surface area contributed by atoms with Gasteiger partial charge in [0.25, 0.3) is 0 Å². The first-order valence-electron chi connectivity index (χ1n) is 8.32. The molecule has 1 aromatic carbocycles. The molecule has 2 rings (SSSR count). The average molecular weight is 335 g/mol.